The molecule has 0 bridgehead atoms. The molecule has 1 unspecified atom stereocenters. The third-order valence-corrected chi connectivity index (χ3v) is 3.08. The van der Waals surface area contributed by atoms with Crippen LogP contribution in [0.5, 0.6) is 0 Å². The van der Waals surface area contributed by atoms with Crippen molar-refractivity contribution in [2.75, 3.05) is 27.2 Å². The summed E-state index contributed by atoms with van der Waals surface area (Å²) in [6.07, 6.45) is 0.989. The van der Waals surface area contributed by atoms with Gasteiger partial charge in [0.1, 0.15) is 5.82 Å². The van der Waals surface area contributed by atoms with Crippen LogP contribution in [-0.2, 0) is 0 Å². The molecule has 1 rings (SSSR count). The first-order chi connectivity index (χ1) is 8.52. The maximum absolute atomic E-state index is 13.2. The lowest BCUT2D eigenvalue weighted by molar-refractivity contribution is 0.279. The molecule has 0 radical (unpaired) electrons. The van der Waals surface area contributed by atoms with Gasteiger partial charge in [0.05, 0.1) is 0 Å². The summed E-state index contributed by atoms with van der Waals surface area (Å²) >= 11 is 0. The first-order valence-electron chi connectivity index (χ1n) is 6.64. The third kappa shape index (κ3) is 5.15. The van der Waals surface area contributed by atoms with Crippen molar-refractivity contribution in [1.82, 2.24) is 10.2 Å². The molecule has 0 aromatic heterocycles. The van der Waals surface area contributed by atoms with Crippen LogP contribution in [0.25, 0.3) is 0 Å². The normalized spacial score (nSPS) is 13.3. The molecule has 0 aliphatic carbocycles. The smallest absolute Gasteiger partial charge is 0.123 e. The lowest BCUT2D eigenvalue weighted by Crippen LogP contribution is -2.28. The average molecular weight is 252 g/mol. The number of nitrogens with one attached hydrogen (secondary N) is 1. The monoisotopic (exact) mass is 252 g/mol. The minimum Gasteiger partial charge on any atom is -0.313 e. The zero-order valence-corrected chi connectivity index (χ0v) is 11.9. The van der Waals surface area contributed by atoms with Gasteiger partial charge in [0.25, 0.3) is 0 Å². The lowest BCUT2D eigenvalue weighted by atomic mass is 10.0. The Morgan fingerprint density at radius 3 is 2.61 bits per heavy atom. The van der Waals surface area contributed by atoms with Crippen LogP contribution in [0.4, 0.5) is 4.39 Å². The fraction of sp³-hybridized carbons (Fsp3) is 0.600. The molecule has 3 heteroatoms. The Morgan fingerprint density at radius 2 is 2.06 bits per heavy atom. The molecule has 0 aliphatic heterocycles. The van der Waals surface area contributed by atoms with Gasteiger partial charge < -0.3 is 10.2 Å². The van der Waals surface area contributed by atoms with Crippen LogP contribution in [0.3, 0.4) is 0 Å². The fourth-order valence-corrected chi connectivity index (χ4v) is 2.27. The SMILES string of the molecule is CNC(CCN(C)CC(C)C)c1cccc(F)c1. The van der Waals surface area contributed by atoms with Crippen molar-refractivity contribution in [3.05, 3.63) is 35.6 Å². The predicted octanol–water partition coefficient (Wildman–Crippen LogP) is 3.06. The Kier molecular flexibility index (Phi) is 6.30. The highest BCUT2D eigenvalue weighted by molar-refractivity contribution is 5.20. The Morgan fingerprint density at radius 1 is 1.33 bits per heavy atom. The van der Waals surface area contributed by atoms with Crippen LogP contribution in [0, 0.1) is 11.7 Å². The van der Waals surface area contributed by atoms with E-state index in [1.807, 2.05) is 13.1 Å². The summed E-state index contributed by atoms with van der Waals surface area (Å²) in [6.45, 7) is 6.55. The third-order valence-electron chi connectivity index (χ3n) is 3.08. The number of nitrogens with zero attached hydrogens (tertiary/aromatic N) is 1. The largest absolute Gasteiger partial charge is 0.313 e. The van der Waals surface area contributed by atoms with E-state index in [4.69, 9.17) is 0 Å². The number of rotatable bonds is 7. The summed E-state index contributed by atoms with van der Waals surface area (Å²) in [5, 5.41) is 3.26. The van der Waals surface area contributed by atoms with E-state index >= 15 is 0 Å². The second kappa shape index (κ2) is 7.49. The average Bonchev–Trinajstić information content (AvgIpc) is 2.29. The van der Waals surface area contributed by atoms with Gasteiger partial charge in [0, 0.05) is 12.6 Å². The molecule has 2 nitrogen and oxygen atoms in total. The summed E-state index contributed by atoms with van der Waals surface area (Å²) in [5.41, 5.74) is 1.02. The minimum atomic E-state index is -0.164. The minimum absolute atomic E-state index is 0.164. The molecule has 0 saturated carbocycles. The van der Waals surface area contributed by atoms with Crippen molar-refractivity contribution in [2.45, 2.75) is 26.3 Å². The molecule has 0 amide bonds. The maximum Gasteiger partial charge on any atom is 0.123 e. The Hall–Kier alpha value is -0.930. The first kappa shape index (κ1) is 15.1. The Balaban J connectivity index is 2.52. The molecule has 1 N–H and O–H groups in total. The van der Waals surface area contributed by atoms with Gasteiger partial charge in [-0.25, -0.2) is 4.39 Å². The van der Waals surface area contributed by atoms with E-state index in [2.05, 4.69) is 31.1 Å². The van der Waals surface area contributed by atoms with Crippen molar-refractivity contribution < 1.29 is 4.39 Å². The highest BCUT2D eigenvalue weighted by Crippen LogP contribution is 2.17. The van der Waals surface area contributed by atoms with Gasteiger partial charge in [-0.05, 0) is 50.7 Å². The zero-order chi connectivity index (χ0) is 13.5. The van der Waals surface area contributed by atoms with E-state index in [-0.39, 0.29) is 11.9 Å². The summed E-state index contributed by atoms with van der Waals surface area (Å²) < 4.78 is 13.2. The van der Waals surface area contributed by atoms with Crippen LogP contribution in [0.1, 0.15) is 31.9 Å². The van der Waals surface area contributed by atoms with Crippen LogP contribution in [0.2, 0.25) is 0 Å². The molecular weight excluding hydrogens is 227 g/mol. The van der Waals surface area contributed by atoms with Gasteiger partial charge in [-0.15, -0.1) is 0 Å². The predicted molar refractivity (Wildman–Crippen MR) is 75.2 cm³/mol. The Bertz CT molecular complexity index is 352. The molecule has 18 heavy (non-hydrogen) atoms. The summed E-state index contributed by atoms with van der Waals surface area (Å²) in [7, 11) is 4.07. The van der Waals surface area contributed by atoms with Crippen molar-refractivity contribution in [2.24, 2.45) is 5.92 Å². The number of hydrogen-bond donors (Lipinski definition) is 1. The highest BCUT2D eigenvalue weighted by Gasteiger charge is 2.11. The maximum atomic E-state index is 13.2. The van der Waals surface area contributed by atoms with Crippen molar-refractivity contribution >= 4 is 0 Å². The summed E-state index contributed by atoms with van der Waals surface area (Å²) in [5.74, 6) is 0.514. The number of benzene rings is 1. The van der Waals surface area contributed by atoms with Gasteiger partial charge in [-0.1, -0.05) is 26.0 Å². The van der Waals surface area contributed by atoms with Crippen LogP contribution < -0.4 is 5.32 Å². The molecule has 0 heterocycles. The van der Waals surface area contributed by atoms with Crippen LogP contribution >= 0.6 is 0 Å². The van der Waals surface area contributed by atoms with Crippen molar-refractivity contribution in [3.8, 4) is 0 Å². The zero-order valence-electron chi connectivity index (χ0n) is 11.9. The second-order valence-electron chi connectivity index (χ2n) is 5.34. The van der Waals surface area contributed by atoms with E-state index in [1.165, 1.54) is 6.07 Å². The van der Waals surface area contributed by atoms with E-state index < -0.39 is 0 Å². The highest BCUT2D eigenvalue weighted by atomic mass is 19.1. The van der Waals surface area contributed by atoms with E-state index in [1.54, 1.807) is 12.1 Å². The quantitative estimate of drug-likeness (QED) is 0.802. The van der Waals surface area contributed by atoms with E-state index in [0.717, 1.165) is 25.1 Å². The van der Waals surface area contributed by atoms with Gasteiger partial charge in [0.2, 0.25) is 0 Å². The topological polar surface area (TPSA) is 15.3 Å². The second-order valence-corrected chi connectivity index (χ2v) is 5.34. The van der Waals surface area contributed by atoms with Crippen molar-refractivity contribution in [1.29, 1.82) is 0 Å². The molecule has 0 saturated heterocycles. The molecule has 1 atom stereocenters. The van der Waals surface area contributed by atoms with Gasteiger partial charge in [0.15, 0.2) is 0 Å². The van der Waals surface area contributed by atoms with E-state index in [9.17, 15) is 4.39 Å². The van der Waals surface area contributed by atoms with E-state index in [0.29, 0.717) is 5.92 Å². The molecular formula is C15H25FN2. The number of hydrogen-bond acceptors (Lipinski definition) is 2. The molecule has 1 aromatic carbocycles. The standard InChI is InChI=1S/C15H25FN2/c1-12(2)11-18(4)9-8-15(17-3)13-6-5-7-14(16)10-13/h5-7,10,12,15,17H,8-9,11H2,1-4H3. The summed E-state index contributed by atoms with van der Waals surface area (Å²) in [4.78, 5) is 2.33. The molecule has 1 aromatic rings. The van der Waals surface area contributed by atoms with Crippen LogP contribution in [0.15, 0.2) is 24.3 Å². The fourth-order valence-electron chi connectivity index (χ4n) is 2.27. The summed E-state index contributed by atoms with van der Waals surface area (Å²) in [6, 6.07) is 7.07. The number of halogens is 1. The van der Waals surface area contributed by atoms with Gasteiger partial charge in [-0.2, -0.15) is 0 Å². The Labute approximate surface area is 110 Å². The molecule has 0 aliphatic rings. The van der Waals surface area contributed by atoms with Crippen molar-refractivity contribution in [3.63, 3.8) is 0 Å². The lowest BCUT2D eigenvalue weighted by Gasteiger charge is -2.23. The van der Waals surface area contributed by atoms with Gasteiger partial charge >= 0.3 is 0 Å². The molecule has 0 spiro atoms. The first-order valence-corrected chi connectivity index (χ1v) is 6.64. The van der Waals surface area contributed by atoms with Crippen LogP contribution in [-0.4, -0.2) is 32.1 Å². The van der Waals surface area contributed by atoms with Gasteiger partial charge in [-0.3, -0.25) is 0 Å². The molecule has 0 fully saturated rings. The molecule has 102 valence electrons.